The van der Waals surface area contributed by atoms with E-state index in [1.54, 1.807) is 24.3 Å². The first-order valence-corrected chi connectivity index (χ1v) is 12.3. The Balaban J connectivity index is 1.28. The van der Waals surface area contributed by atoms with Crippen molar-refractivity contribution in [1.82, 2.24) is 9.80 Å². The summed E-state index contributed by atoms with van der Waals surface area (Å²) >= 11 is 5.94. The lowest BCUT2D eigenvalue weighted by atomic mass is 10.1. The molecule has 2 aromatic rings. The first-order chi connectivity index (χ1) is 16.1. The maximum Gasteiger partial charge on any atom is 0.134 e. The highest BCUT2D eigenvalue weighted by atomic mass is 35.5. The van der Waals surface area contributed by atoms with E-state index in [4.69, 9.17) is 25.8 Å². The summed E-state index contributed by atoms with van der Waals surface area (Å²) in [5.41, 5.74) is 0.0759. The van der Waals surface area contributed by atoms with Crippen molar-refractivity contribution in [3.8, 4) is 11.5 Å². The number of β-amino-alcohol motifs (C(OH)–C–C–N with tert-alkyl or cyclic N) is 1. The van der Waals surface area contributed by atoms with Gasteiger partial charge in [0.15, 0.2) is 0 Å². The van der Waals surface area contributed by atoms with Crippen molar-refractivity contribution >= 4 is 11.6 Å². The molecule has 2 heterocycles. The van der Waals surface area contributed by atoms with E-state index in [1.807, 2.05) is 12.1 Å². The molecule has 6 nitrogen and oxygen atoms in total. The molecule has 2 aliphatic heterocycles. The molecule has 0 saturated carbocycles. The van der Waals surface area contributed by atoms with Gasteiger partial charge in [0.2, 0.25) is 0 Å². The lowest BCUT2D eigenvalue weighted by Crippen LogP contribution is -2.48. The average molecular weight is 475 g/mol. The van der Waals surface area contributed by atoms with Gasteiger partial charge in [-0.1, -0.05) is 30.2 Å². The Hall–Kier alpha value is -1.83. The molecule has 1 atom stereocenters. The fraction of sp³-hybridized carbons (Fsp3) is 0.538. The Morgan fingerprint density at radius 3 is 2.58 bits per heavy atom. The maximum atomic E-state index is 11.2. The third-order valence-corrected chi connectivity index (χ3v) is 6.44. The van der Waals surface area contributed by atoms with Crippen LogP contribution >= 0.6 is 11.6 Å². The van der Waals surface area contributed by atoms with Gasteiger partial charge in [-0.05, 0) is 67.9 Å². The number of ether oxygens (including phenoxy) is 3. The van der Waals surface area contributed by atoms with Crippen molar-refractivity contribution in [1.29, 1.82) is 0 Å². The van der Waals surface area contributed by atoms with Crippen molar-refractivity contribution < 1.29 is 19.3 Å². The predicted octanol–water partition coefficient (Wildman–Crippen LogP) is 3.85. The number of rotatable bonds is 9. The minimum Gasteiger partial charge on any atom is -0.492 e. The number of hydrogen-bond donors (Lipinski definition) is 1. The second-order valence-electron chi connectivity index (χ2n) is 9.13. The molecule has 0 radical (unpaired) electrons. The summed E-state index contributed by atoms with van der Waals surface area (Å²) in [5, 5.41) is 11.8. The minimum atomic E-state index is -1.08. The molecule has 0 amide bonds. The molecule has 180 valence electrons. The van der Waals surface area contributed by atoms with Crippen molar-refractivity contribution in [2.24, 2.45) is 0 Å². The van der Waals surface area contributed by atoms with E-state index < -0.39 is 5.60 Å². The molecule has 2 aliphatic rings. The highest BCUT2D eigenvalue weighted by Crippen LogP contribution is 2.21. The Labute approximate surface area is 202 Å². The van der Waals surface area contributed by atoms with Crippen LogP contribution in [0.2, 0.25) is 5.02 Å². The summed E-state index contributed by atoms with van der Waals surface area (Å²) in [4.78, 5) is 4.70. The number of hydrogen-bond acceptors (Lipinski definition) is 6. The van der Waals surface area contributed by atoms with Crippen molar-refractivity contribution in [2.75, 3.05) is 59.2 Å². The standard InChI is InChI=1S/C26H35ClN2O4/c27-23-7-9-24(10-8-23)33-21-26(30)19-29(13-15-31-20-26)18-22-5-4-6-25(17-22)32-16-14-28-11-2-1-3-12-28/h4-10,17,30H,1-3,11-16,18-21H2. The number of aliphatic hydroxyl groups is 1. The number of nitrogens with zero attached hydrogens (tertiary/aromatic N) is 2. The monoisotopic (exact) mass is 474 g/mol. The molecule has 4 rings (SSSR count). The summed E-state index contributed by atoms with van der Waals surface area (Å²) in [6.07, 6.45) is 3.95. The number of benzene rings is 2. The van der Waals surface area contributed by atoms with Crippen molar-refractivity contribution in [2.45, 2.75) is 31.4 Å². The zero-order valence-electron chi connectivity index (χ0n) is 19.3. The van der Waals surface area contributed by atoms with Crippen molar-refractivity contribution in [3.05, 3.63) is 59.1 Å². The van der Waals surface area contributed by atoms with E-state index in [9.17, 15) is 5.11 Å². The molecule has 2 aromatic carbocycles. The van der Waals surface area contributed by atoms with Crippen LogP contribution in [0.15, 0.2) is 48.5 Å². The van der Waals surface area contributed by atoms with Gasteiger partial charge in [0.05, 0.1) is 13.2 Å². The van der Waals surface area contributed by atoms with Gasteiger partial charge in [-0.15, -0.1) is 0 Å². The van der Waals surface area contributed by atoms with Gasteiger partial charge in [-0.3, -0.25) is 9.80 Å². The van der Waals surface area contributed by atoms with Crippen LogP contribution in [0, 0.1) is 0 Å². The smallest absolute Gasteiger partial charge is 0.134 e. The highest BCUT2D eigenvalue weighted by molar-refractivity contribution is 6.30. The van der Waals surface area contributed by atoms with Gasteiger partial charge >= 0.3 is 0 Å². The Kier molecular flexibility index (Phi) is 8.87. The first-order valence-electron chi connectivity index (χ1n) is 11.9. The quantitative estimate of drug-likeness (QED) is 0.596. The molecule has 33 heavy (non-hydrogen) atoms. The van der Waals surface area contributed by atoms with Crippen LogP contribution in [0.3, 0.4) is 0 Å². The third-order valence-electron chi connectivity index (χ3n) is 6.19. The van der Waals surface area contributed by atoms with Crippen LogP contribution in [-0.2, 0) is 11.3 Å². The third kappa shape index (κ3) is 7.87. The van der Waals surface area contributed by atoms with Crippen LogP contribution in [0.1, 0.15) is 24.8 Å². The molecule has 1 N–H and O–H groups in total. The molecule has 1 unspecified atom stereocenters. The second kappa shape index (κ2) is 12.0. The molecule has 0 bridgehead atoms. The predicted molar refractivity (Wildman–Crippen MR) is 130 cm³/mol. The first kappa shape index (κ1) is 24.3. The molecule has 2 saturated heterocycles. The molecule has 0 aliphatic carbocycles. The number of piperidine rings is 1. The zero-order valence-corrected chi connectivity index (χ0v) is 20.0. The average Bonchev–Trinajstić information content (AvgIpc) is 3.01. The molecule has 0 spiro atoms. The Morgan fingerprint density at radius 1 is 0.939 bits per heavy atom. The van der Waals surface area contributed by atoms with Gasteiger partial charge in [0.25, 0.3) is 0 Å². The van der Waals surface area contributed by atoms with Crippen LogP contribution in [-0.4, -0.2) is 79.7 Å². The van der Waals surface area contributed by atoms with Gasteiger partial charge in [-0.25, -0.2) is 0 Å². The summed E-state index contributed by atoms with van der Waals surface area (Å²) in [6, 6.07) is 15.4. The van der Waals surface area contributed by atoms with E-state index in [-0.39, 0.29) is 13.2 Å². The molecule has 0 aromatic heterocycles. The summed E-state index contributed by atoms with van der Waals surface area (Å²) in [6.45, 7) is 6.99. The van der Waals surface area contributed by atoms with Crippen LogP contribution in [0.25, 0.3) is 0 Å². The minimum absolute atomic E-state index is 0.158. The summed E-state index contributed by atoms with van der Waals surface area (Å²) in [5.74, 6) is 1.58. The lowest BCUT2D eigenvalue weighted by Gasteiger charge is -2.30. The fourth-order valence-electron chi connectivity index (χ4n) is 4.43. The Morgan fingerprint density at radius 2 is 1.76 bits per heavy atom. The van der Waals surface area contributed by atoms with Gasteiger partial charge in [0.1, 0.15) is 30.3 Å². The molecule has 7 heteroatoms. The van der Waals surface area contributed by atoms with Crippen LogP contribution in [0.5, 0.6) is 11.5 Å². The fourth-order valence-corrected chi connectivity index (χ4v) is 4.56. The van der Waals surface area contributed by atoms with Gasteiger partial charge in [-0.2, -0.15) is 0 Å². The molecule has 2 fully saturated rings. The van der Waals surface area contributed by atoms with Crippen molar-refractivity contribution in [3.63, 3.8) is 0 Å². The van der Waals surface area contributed by atoms with E-state index in [1.165, 1.54) is 32.4 Å². The molecular weight excluding hydrogens is 440 g/mol. The van der Waals surface area contributed by atoms with Gasteiger partial charge < -0.3 is 19.3 Å². The summed E-state index contributed by atoms with van der Waals surface area (Å²) < 4.78 is 17.6. The SMILES string of the molecule is OC1(COc2ccc(Cl)cc2)COCCN(Cc2cccc(OCCN3CCCCC3)c2)C1. The zero-order chi connectivity index (χ0) is 22.9. The molecular formula is C26H35ClN2O4. The van der Waals surface area contributed by atoms with E-state index in [2.05, 4.69) is 21.9 Å². The largest absolute Gasteiger partial charge is 0.492 e. The van der Waals surface area contributed by atoms with E-state index >= 15 is 0 Å². The topological polar surface area (TPSA) is 54.4 Å². The van der Waals surface area contributed by atoms with E-state index in [0.29, 0.717) is 30.5 Å². The van der Waals surface area contributed by atoms with Gasteiger partial charge in [0, 0.05) is 31.2 Å². The number of halogens is 1. The highest BCUT2D eigenvalue weighted by Gasteiger charge is 2.33. The second-order valence-corrected chi connectivity index (χ2v) is 9.56. The van der Waals surface area contributed by atoms with Crippen LogP contribution in [0.4, 0.5) is 0 Å². The Bertz CT molecular complexity index is 860. The van der Waals surface area contributed by atoms with E-state index in [0.717, 1.165) is 30.9 Å². The summed E-state index contributed by atoms with van der Waals surface area (Å²) in [7, 11) is 0. The number of likely N-dealkylation sites (tertiary alicyclic amines) is 1. The maximum absolute atomic E-state index is 11.2. The van der Waals surface area contributed by atoms with Crippen LogP contribution < -0.4 is 9.47 Å². The normalized spacial score (nSPS) is 22.6. The lowest BCUT2D eigenvalue weighted by molar-refractivity contribution is -0.0646.